The second-order valence-corrected chi connectivity index (χ2v) is 16.9. The van der Waals surface area contributed by atoms with Crippen molar-refractivity contribution in [3.05, 3.63) is 0 Å². The first-order chi connectivity index (χ1) is 23.4. The highest BCUT2D eigenvalue weighted by Gasteiger charge is 2.46. The Hall–Kier alpha value is -0.0800. The molecule has 0 aliphatic heterocycles. The number of unbranched alkanes of at least 4 members (excludes halogenated alkanes) is 32. The van der Waals surface area contributed by atoms with Gasteiger partial charge in [-0.25, -0.2) is 0 Å². The summed E-state index contributed by atoms with van der Waals surface area (Å²) in [5.41, 5.74) is -1.21. The Kier molecular flexibility index (Phi) is 35.3. The van der Waals surface area contributed by atoms with Gasteiger partial charge in [0.05, 0.1) is 11.7 Å². The fraction of sp³-hybridized carbons (Fsp3) is 1.00. The van der Waals surface area contributed by atoms with Crippen molar-refractivity contribution >= 4 is 0 Å². The molecule has 0 radical (unpaired) electrons. The number of aliphatic hydroxyl groups excluding tert-OH is 1. The summed E-state index contributed by atoms with van der Waals surface area (Å²) in [5.74, 6) is 0. The monoisotopic (exact) mass is 679 g/mol. The third-order valence-corrected chi connectivity index (χ3v) is 12.0. The van der Waals surface area contributed by atoms with E-state index in [2.05, 4.69) is 34.6 Å². The van der Waals surface area contributed by atoms with E-state index in [1.165, 1.54) is 205 Å². The molecule has 0 rings (SSSR count). The Morgan fingerprint density at radius 1 is 0.333 bits per heavy atom. The van der Waals surface area contributed by atoms with E-state index in [4.69, 9.17) is 0 Å². The van der Waals surface area contributed by atoms with Gasteiger partial charge in [-0.3, -0.25) is 0 Å². The molecule has 0 amide bonds. The van der Waals surface area contributed by atoms with Crippen LogP contribution in [0.3, 0.4) is 0 Å². The molecule has 0 heterocycles. The minimum absolute atomic E-state index is 0.420. The molecule has 1 unspecified atom stereocenters. The lowest BCUT2D eigenvalue weighted by atomic mass is 9.65. The van der Waals surface area contributed by atoms with Gasteiger partial charge in [0.15, 0.2) is 0 Å². The number of hydrogen-bond acceptors (Lipinski definition) is 2. The zero-order chi connectivity index (χ0) is 35.4. The summed E-state index contributed by atoms with van der Waals surface area (Å²) in [6.07, 6.45) is 49.5. The molecule has 290 valence electrons. The summed E-state index contributed by atoms with van der Waals surface area (Å²) in [6.45, 7) is 11.1. The Morgan fingerprint density at radius 2 is 0.542 bits per heavy atom. The van der Waals surface area contributed by atoms with Gasteiger partial charge in [0.25, 0.3) is 0 Å². The Morgan fingerprint density at radius 3 is 0.792 bits per heavy atom. The second-order valence-electron chi connectivity index (χ2n) is 16.9. The number of hydrogen-bond donors (Lipinski definition) is 2. The van der Waals surface area contributed by atoms with Crippen LogP contribution in [0.2, 0.25) is 0 Å². The first-order valence-electron chi connectivity index (χ1n) is 22.8. The zero-order valence-corrected chi connectivity index (χ0v) is 34.3. The van der Waals surface area contributed by atoms with E-state index in [0.717, 1.165) is 38.5 Å². The smallest absolute Gasteiger partial charge is 0.0723 e. The molecule has 48 heavy (non-hydrogen) atoms. The molecule has 0 aromatic heterocycles. The first-order valence-corrected chi connectivity index (χ1v) is 22.8. The molecule has 2 nitrogen and oxygen atoms in total. The minimum Gasteiger partial charge on any atom is -0.392 e. The Bertz CT molecular complexity index is 577. The van der Waals surface area contributed by atoms with Crippen molar-refractivity contribution < 1.29 is 10.2 Å². The third kappa shape index (κ3) is 27.6. The summed E-state index contributed by atoms with van der Waals surface area (Å²) in [5, 5.41) is 23.4. The van der Waals surface area contributed by atoms with Crippen LogP contribution in [0.5, 0.6) is 0 Å². The molecular formula is C46H94O2. The molecule has 1 atom stereocenters. The van der Waals surface area contributed by atoms with E-state index in [1.54, 1.807) is 0 Å². The van der Waals surface area contributed by atoms with Crippen LogP contribution in [0.4, 0.5) is 0 Å². The van der Waals surface area contributed by atoms with E-state index >= 15 is 0 Å². The topological polar surface area (TPSA) is 40.5 Å². The van der Waals surface area contributed by atoms with Gasteiger partial charge in [-0.2, -0.15) is 0 Å². The van der Waals surface area contributed by atoms with Gasteiger partial charge in [0.1, 0.15) is 0 Å². The van der Waals surface area contributed by atoms with E-state index in [9.17, 15) is 10.2 Å². The Balaban J connectivity index is 4.20. The van der Waals surface area contributed by atoms with Gasteiger partial charge in [0.2, 0.25) is 0 Å². The minimum atomic E-state index is -0.759. The van der Waals surface area contributed by atoms with Crippen molar-refractivity contribution in [2.24, 2.45) is 5.41 Å². The van der Waals surface area contributed by atoms with Crippen molar-refractivity contribution in [1.82, 2.24) is 0 Å². The van der Waals surface area contributed by atoms with Crippen molar-refractivity contribution in [2.75, 3.05) is 0 Å². The molecule has 0 aliphatic rings. The first kappa shape index (κ1) is 47.9. The fourth-order valence-corrected chi connectivity index (χ4v) is 7.96. The van der Waals surface area contributed by atoms with Crippen LogP contribution in [0.15, 0.2) is 0 Å². The molecule has 0 aromatic rings. The van der Waals surface area contributed by atoms with Crippen LogP contribution in [-0.4, -0.2) is 21.9 Å². The lowest BCUT2D eigenvalue weighted by Crippen LogP contribution is -2.51. The van der Waals surface area contributed by atoms with E-state index in [-0.39, 0.29) is 0 Å². The summed E-state index contributed by atoms with van der Waals surface area (Å²) in [4.78, 5) is 0. The molecule has 2 N–H and O–H groups in total. The average Bonchev–Trinajstić information content (AvgIpc) is 3.07. The van der Waals surface area contributed by atoms with Crippen molar-refractivity contribution in [2.45, 2.75) is 290 Å². The van der Waals surface area contributed by atoms with Crippen LogP contribution in [0, 0.1) is 5.41 Å². The molecule has 0 aromatic carbocycles. The number of aliphatic hydroxyl groups is 2. The zero-order valence-electron chi connectivity index (χ0n) is 34.3. The van der Waals surface area contributed by atoms with Crippen LogP contribution in [-0.2, 0) is 0 Å². The maximum atomic E-state index is 12.1. The highest BCUT2D eigenvalue weighted by Crippen LogP contribution is 2.43. The van der Waals surface area contributed by atoms with Gasteiger partial charge < -0.3 is 10.2 Å². The van der Waals surface area contributed by atoms with Crippen molar-refractivity contribution in [3.63, 3.8) is 0 Å². The van der Waals surface area contributed by atoms with Gasteiger partial charge in [-0.1, -0.05) is 259 Å². The fourth-order valence-electron chi connectivity index (χ4n) is 7.96. The largest absolute Gasteiger partial charge is 0.392 e. The molecular weight excluding hydrogens is 585 g/mol. The van der Waals surface area contributed by atoms with Crippen molar-refractivity contribution in [3.8, 4) is 0 Å². The summed E-state index contributed by atoms with van der Waals surface area (Å²) in [6, 6.07) is 0. The quantitative estimate of drug-likeness (QED) is 0.0633. The molecule has 0 saturated carbocycles. The average molecular weight is 679 g/mol. The maximum absolute atomic E-state index is 12.1. The highest BCUT2D eigenvalue weighted by molar-refractivity contribution is 4.97. The second kappa shape index (κ2) is 35.3. The highest BCUT2D eigenvalue weighted by atomic mass is 16.3. The van der Waals surface area contributed by atoms with Crippen LogP contribution < -0.4 is 0 Å². The standard InChI is InChI=1S/C46H94O2/c1-6-9-12-14-16-18-20-22-24-26-28-30-32-34-36-39-42-46(48,45(4,5)44(47)41-38-11-8-3)43-40-37-35-33-31-29-27-25-23-21-19-17-15-13-10-7-2/h44,47-48H,6-43H2,1-5H3. The lowest BCUT2D eigenvalue weighted by molar-refractivity contribution is -0.138. The predicted octanol–water partition coefficient (Wildman–Crippen LogP) is 16.0. The van der Waals surface area contributed by atoms with Gasteiger partial charge >= 0.3 is 0 Å². The molecule has 0 spiro atoms. The molecule has 0 bridgehead atoms. The normalized spacial score (nSPS) is 13.1. The van der Waals surface area contributed by atoms with Gasteiger partial charge in [0, 0.05) is 5.41 Å². The summed E-state index contributed by atoms with van der Waals surface area (Å²) in [7, 11) is 0. The molecule has 0 aliphatic carbocycles. The van der Waals surface area contributed by atoms with Crippen LogP contribution in [0.1, 0.15) is 279 Å². The van der Waals surface area contributed by atoms with Gasteiger partial charge in [-0.15, -0.1) is 0 Å². The summed E-state index contributed by atoms with van der Waals surface area (Å²) < 4.78 is 0. The van der Waals surface area contributed by atoms with E-state index < -0.39 is 17.1 Å². The summed E-state index contributed by atoms with van der Waals surface area (Å²) >= 11 is 0. The molecule has 0 saturated heterocycles. The number of rotatable bonds is 40. The lowest BCUT2D eigenvalue weighted by Gasteiger charge is -2.46. The van der Waals surface area contributed by atoms with E-state index in [1.807, 2.05) is 0 Å². The molecule has 2 heteroatoms. The van der Waals surface area contributed by atoms with Gasteiger partial charge in [-0.05, 0) is 19.3 Å². The van der Waals surface area contributed by atoms with E-state index in [0.29, 0.717) is 0 Å². The van der Waals surface area contributed by atoms with Crippen molar-refractivity contribution in [1.29, 1.82) is 0 Å². The Labute approximate surface area is 305 Å². The predicted molar refractivity (Wildman–Crippen MR) is 217 cm³/mol. The van der Waals surface area contributed by atoms with Crippen LogP contribution >= 0.6 is 0 Å². The molecule has 0 fully saturated rings. The maximum Gasteiger partial charge on any atom is 0.0723 e. The SMILES string of the molecule is CCCCCCCCCCCCCCCCCCC(O)(CCCCCCCCCCCCCCCCCC)C(C)(C)C(O)CCCCC. The van der Waals surface area contributed by atoms with Crippen LogP contribution in [0.25, 0.3) is 0 Å². The third-order valence-electron chi connectivity index (χ3n) is 12.0.